The van der Waals surface area contributed by atoms with Gasteiger partial charge in [0.1, 0.15) is 17.7 Å². The third-order valence-corrected chi connectivity index (χ3v) is 2.24. The summed E-state index contributed by atoms with van der Waals surface area (Å²) in [5.74, 6) is -1.45. The van der Waals surface area contributed by atoms with Gasteiger partial charge in [-0.05, 0) is 6.42 Å². The third-order valence-electron chi connectivity index (χ3n) is 2.24. The van der Waals surface area contributed by atoms with Crippen LogP contribution in [0, 0.1) is 22.7 Å². The van der Waals surface area contributed by atoms with Gasteiger partial charge in [0.2, 0.25) is 11.6 Å². The number of hydrogen-bond acceptors (Lipinski definition) is 5. The predicted octanol–water partition coefficient (Wildman–Crippen LogP) is 0.667. The number of nitriles is 2. The molecule has 0 aromatic rings. The molecule has 0 aromatic heterocycles. The molecule has 16 heavy (non-hydrogen) atoms. The highest BCUT2D eigenvalue weighted by atomic mass is 16.5. The van der Waals surface area contributed by atoms with Gasteiger partial charge in [-0.3, -0.25) is 9.59 Å². The first-order valence-corrected chi connectivity index (χ1v) is 4.91. The Balaban J connectivity index is 2.82. The Bertz CT molecular complexity index is 421. The van der Waals surface area contributed by atoms with E-state index in [4.69, 9.17) is 15.3 Å². The van der Waals surface area contributed by atoms with Crippen LogP contribution in [0.3, 0.4) is 0 Å². The van der Waals surface area contributed by atoms with E-state index >= 15 is 0 Å². The smallest absolute Gasteiger partial charge is 0.236 e. The average molecular weight is 218 g/mol. The molecule has 1 aliphatic carbocycles. The normalized spacial score (nSPS) is 18.7. The van der Waals surface area contributed by atoms with Crippen LogP contribution in [0.4, 0.5) is 0 Å². The van der Waals surface area contributed by atoms with E-state index < -0.39 is 17.7 Å². The molecule has 0 N–H and O–H groups in total. The maximum absolute atomic E-state index is 11.2. The number of allylic oxidation sites excluding steroid dienone is 1. The van der Waals surface area contributed by atoms with Crippen molar-refractivity contribution in [2.75, 3.05) is 6.61 Å². The fourth-order valence-electron chi connectivity index (χ4n) is 1.32. The molecule has 0 radical (unpaired) electrons. The average Bonchev–Trinajstić information content (AvgIpc) is 2.32. The molecule has 0 amide bonds. The van der Waals surface area contributed by atoms with Crippen molar-refractivity contribution >= 4 is 11.6 Å². The van der Waals surface area contributed by atoms with E-state index in [1.54, 1.807) is 12.1 Å². The molecule has 5 nitrogen and oxygen atoms in total. The van der Waals surface area contributed by atoms with Crippen LogP contribution in [0.15, 0.2) is 11.1 Å². The maximum Gasteiger partial charge on any atom is 0.236 e. The second-order valence-corrected chi connectivity index (χ2v) is 3.31. The topological polar surface area (TPSA) is 90.9 Å². The first-order valence-electron chi connectivity index (χ1n) is 4.91. The second-order valence-electron chi connectivity index (χ2n) is 3.31. The lowest BCUT2D eigenvalue weighted by Crippen LogP contribution is -2.48. The van der Waals surface area contributed by atoms with Gasteiger partial charge in [0.15, 0.2) is 6.10 Å². The van der Waals surface area contributed by atoms with E-state index in [9.17, 15) is 9.59 Å². The van der Waals surface area contributed by atoms with Crippen LogP contribution >= 0.6 is 0 Å². The Kier molecular flexibility index (Phi) is 3.93. The third kappa shape index (κ3) is 2.00. The summed E-state index contributed by atoms with van der Waals surface area (Å²) in [5, 5.41) is 17.2. The SMILES string of the molecule is CCCCOC1C(=O)C(=O)C1=C(C#N)C#N. The molecule has 5 heteroatoms. The number of ether oxygens (including phenoxy) is 1. The summed E-state index contributed by atoms with van der Waals surface area (Å²) in [7, 11) is 0. The highest BCUT2D eigenvalue weighted by Gasteiger charge is 2.47. The summed E-state index contributed by atoms with van der Waals surface area (Å²) in [6.07, 6.45) is 0.657. The van der Waals surface area contributed by atoms with Gasteiger partial charge < -0.3 is 4.74 Å². The highest BCUT2D eigenvalue weighted by Crippen LogP contribution is 2.25. The summed E-state index contributed by atoms with van der Waals surface area (Å²) >= 11 is 0. The van der Waals surface area contributed by atoms with Crippen molar-refractivity contribution in [1.82, 2.24) is 0 Å². The van der Waals surface area contributed by atoms with Crippen molar-refractivity contribution in [3.05, 3.63) is 11.1 Å². The number of hydrogen-bond donors (Lipinski definition) is 0. The molecular formula is C11H10N2O3. The van der Waals surface area contributed by atoms with E-state index in [0.717, 1.165) is 12.8 Å². The number of Topliss-reactive ketones (excluding diaryl/α,β-unsaturated/α-hetero) is 2. The van der Waals surface area contributed by atoms with Gasteiger partial charge >= 0.3 is 0 Å². The molecule has 1 rings (SSSR count). The molecule has 1 unspecified atom stereocenters. The number of unbranched alkanes of at least 4 members (excludes halogenated alkanes) is 1. The molecule has 82 valence electrons. The Hall–Kier alpha value is -1.98. The Morgan fingerprint density at radius 2 is 2.00 bits per heavy atom. The summed E-state index contributed by atoms with van der Waals surface area (Å²) in [5.41, 5.74) is -0.419. The molecule has 0 saturated heterocycles. The second kappa shape index (κ2) is 5.20. The zero-order valence-electron chi connectivity index (χ0n) is 8.82. The molecule has 0 heterocycles. The largest absolute Gasteiger partial charge is 0.365 e. The van der Waals surface area contributed by atoms with Crippen LogP contribution in [0.2, 0.25) is 0 Å². The van der Waals surface area contributed by atoms with Crippen LogP contribution in [-0.4, -0.2) is 24.3 Å². The van der Waals surface area contributed by atoms with E-state index in [2.05, 4.69) is 0 Å². The number of carbonyl (C=O) groups is 2. The summed E-state index contributed by atoms with van der Waals surface area (Å²) in [6.45, 7) is 2.30. The van der Waals surface area contributed by atoms with Crippen LogP contribution < -0.4 is 0 Å². The summed E-state index contributed by atoms with van der Waals surface area (Å²) in [6, 6.07) is 3.18. The number of carbonyl (C=O) groups excluding carboxylic acids is 2. The Morgan fingerprint density at radius 1 is 1.38 bits per heavy atom. The van der Waals surface area contributed by atoms with Crippen molar-refractivity contribution in [1.29, 1.82) is 10.5 Å². The number of ketones is 2. The molecular weight excluding hydrogens is 208 g/mol. The number of rotatable bonds is 4. The minimum absolute atomic E-state index is 0.0916. The fourth-order valence-corrected chi connectivity index (χ4v) is 1.32. The van der Waals surface area contributed by atoms with Crippen LogP contribution in [0.5, 0.6) is 0 Å². The van der Waals surface area contributed by atoms with Gasteiger partial charge in [-0.15, -0.1) is 0 Å². The monoisotopic (exact) mass is 218 g/mol. The van der Waals surface area contributed by atoms with E-state index in [0.29, 0.717) is 6.61 Å². The van der Waals surface area contributed by atoms with Gasteiger partial charge in [0.05, 0.1) is 5.57 Å². The van der Waals surface area contributed by atoms with Gasteiger partial charge in [-0.1, -0.05) is 13.3 Å². The minimum atomic E-state index is -1.01. The number of nitrogens with zero attached hydrogens (tertiary/aromatic N) is 2. The zero-order chi connectivity index (χ0) is 12.1. The molecule has 1 saturated carbocycles. The van der Waals surface area contributed by atoms with Crippen molar-refractivity contribution in [2.24, 2.45) is 0 Å². The van der Waals surface area contributed by atoms with E-state index in [-0.39, 0.29) is 11.1 Å². The van der Waals surface area contributed by atoms with E-state index in [1.807, 2.05) is 6.92 Å². The quantitative estimate of drug-likeness (QED) is 0.299. The molecule has 0 aliphatic heterocycles. The van der Waals surface area contributed by atoms with Crippen LogP contribution in [0.1, 0.15) is 19.8 Å². The lowest BCUT2D eigenvalue weighted by atomic mass is 9.82. The molecule has 1 atom stereocenters. The molecule has 1 fully saturated rings. The maximum atomic E-state index is 11.2. The standard InChI is InChI=1S/C11H10N2O3/c1-2-3-4-16-11-8(7(5-12)6-13)9(14)10(11)15/h11H,2-4H2,1H3. The first kappa shape index (κ1) is 12.1. The van der Waals surface area contributed by atoms with Gasteiger partial charge in [0, 0.05) is 6.61 Å². The van der Waals surface area contributed by atoms with Crippen molar-refractivity contribution < 1.29 is 14.3 Å². The molecule has 0 spiro atoms. The first-order chi connectivity index (χ1) is 7.67. The van der Waals surface area contributed by atoms with Crippen molar-refractivity contribution in [3.8, 4) is 12.1 Å². The summed E-state index contributed by atoms with van der Waals surface area (Å²) < 4.78 is 5.17. The van der Waals surface area contributed by atoms with Crippen molar-refractivity contribution in [2.45, 2.75) is 25.9 Å². The lowest BCUT2D eigenvalue weighted by molar-refractivity contribution is -0.148. The van der Waals surface area contributed by atoms with Gasteiger partial charge in [-0.2, -0.15) is 10.5 Å². The van der Waals surface area contributed by atoms with E-state index in [1.165, 1.54) is 0 Å². The lowest BCUT2D eigenvalue weighted by Gasteiger charge is -2.26. The molecule has 0 aromatic carbocycles. The van der Waals surface area contributed by atoms with Gasteiger partial charge in [0.25, 0.3) is 0 Å². The highest BCUT2D eigenvalue weighted by molar-refractivity contribution is 6.55. The summed E-state index contributed by atoms with van der Waals surface area (Å²) in [4.78, 5) is 22.3. The zero-order valence-corrected chi connectivity index (χ0v) is 8.82. The van der Waals surface area contributed by atoms with Gasteiger partial charge in [-0.25, -0.2) is 0 Å². The molecule has 0 bridgehead atoms. The Labute approximate surface area is 92.9 Å². The minimum Gasteiger partial charge on any atom is -0.365 e. The van der Waals surface area contributed by atoms with Crippen LogP contribution in [-0.2, 0) is 14.3 Å². The van der Waals surface area contributed by atoms with Crippen molar-refractivity contribution in [3.63, 3.8) is 0 Å². The molecule has 1 aliphatic rings. The fraction of sp³-hybridized carbons (Fsp3) is 0.455. The predicted molar refractivity (Wildman–Crippen MR) is 52.9 cm³/mol. The van der Waals surface area contributed by atoms with Crippen LogP contribution in [0.25, 0.3) is 0 Å². The Morgan fingerprint density at radius 3 is 2.50 bits per heavy atom.